The minimum absolute atomic E-state index is 0.293. The lowest BCUT2D eigenvalue weighted by atomic mass is 10.1. The second-order valence-corrected chi connectivity index (χ2v) is 7.25. The van der Waals surface area contributed by atoms with Crippen LogP contribution < -0.4 is 0 Å². The van der Waals surface area contributed by atoms with Crippen molar-refractivity contribution in [2.45, 2.75) is 0 Å². The van der Waals surface area contributed by atoms with Crippen molar-refractivity contribution in [3.05, 3.63) is 60.2 Å². The van der Waals surface area contributed by atoms with Gasteiger partial charge in [-0.2, -0.15) is 0 Å². The standard InChI is InChI=1S/C14H7BrCl2O3S/c15-12-4-3-11(21-12)13(18)8(14(19)20)5-7-1-2-9(16)10(17)6-7/h1-6H,(H,19,20)/b8-5-. The second kappa shape index (κ2) is 6.75. The number of carboxylic acids is 1. The van der Waals surface area contributed by atoms with Crippen LogP contribution in [0.5, 0.6) is 0 Å². The van der Waals surface area contributed by atoms with Crippen molar-refractivity contribution in [2.75, 3.05) is 0 Å². The first-order valence-corrected chi connectivity index (χ1v) is 7.95. The Hall–Kier alpha value is -1.14. The van der Waals surface area contributed by atoms with Gasteiger partial charge in [0.25, 0.3) is 0 Å². The van der Waals surface area contributed by atoms with Gasteiger partial charge in [0, 0.05) is 0 Å². The first-order valence-electron chi connectivity index (χ1n) is 5.58. The van der Waals surface area contributed by atoms with Crippen molar-refractivity contribution in [1.82, 2.24) is 0 Å². The number of aliphatic carboxylic acids is 1. The summed E-state index contributed by atoms with van der Waals surface area (Å²) in [7, 11) is 0. The van der Waals surface area contributed by atoms with Gasteiger partial charge in [-0.1, -0.05) is 29.3 Å². The average molecular weight is 406 g/mol. The number of carbonyl (C=O) groups excluding carboxylic acids is 1. The molecule has 0 radical (unpaired) electrons. The zero-order valence-corrected chi connectivity index (χ0v) is 14.2. The van der Waals surface area contributed by atoms with E-state index in [4.69, 9.17) is 23.2 Å². The lowest BCUT2D eigenvalue weighted by Gasteiger charge is -2.02. The summed E-state index contributed by atoms with van der Waals surface area (Å²) in [6.45, 7) is 0. The fourth-order valence-corrected chi connectivity index (χ4v) is 3.21. The number of benzene rings is 1. The number of carboxylic acid groups (broad SMARTS) is 1. The first-order chi connectivity index (χ1) is 9.88. The Morgan fingerprint density at radius 1 is 1.14 bits per heavy atom. The number of rotatable bonds is 4. The molecule has 0 unspecified atom stereocenters. The van der Waals surface area contributed by atoms with Crippen molar-refractivity contribution in [3.63, 3.8) is 0 Å². The van der Waals surface area contributed by atoms with E-state index in [-0.39, 0.29) is 5.57 Å². The van der Waals surface area contributed by atoms with Gasteiger partial charge in [-0.25, -0.2) is 4.79 Å². The second-order valence-electron chi connectivity index (χ2n) is 3.97. The third-order valence-corrected chi connectivity index (χ3v) is 4.89. The van der Waals surface area contributed by atoms with Crippen LogP contribution in [0.1, 0.15) is 15.2 Å². The van der Waals surface area contributed by atoms with Gasteiger partial charge in [-0.3, -0.25) is 4.79 Å². The zero-order chi connectivity index (χ0) is 15.6. The van der Waals surface area contributed by atoms with E-state index in [1.807, 2.05) is 0 Å². The lowest BCUT2D eigenvalue weighted by molar-refractivity contribution is -0.132. The van der Waals surface area contributed by atoms with E-state index in [2.05, 4.69) is 15.9 Å². The number of Topliss-reactive ketones (excluding diaryl/α,β-unsaturated/α-hetero) is 1. The topological polar surface area (TPSA) is 54.4 Å². The van der Waals surface area contributed by atoms with Crippen molar-refractivity contribution in [2.24, 2.45) is 0 Å². The van der Waals surface area contributed by atoms with E-state index >= 15 is 0 Å². The van der Waals surface area contributed by atoms with Crippen LogP contribution in [-0.4, -0.2) is 16.9 Å². The Balaban J connectivity index is 2.43. The minimum atomic E-state index is -1.30. The summed E-state index contributed by atoms with van der Waals surface area (Å²) >= 11 is 16.1. The normalized spacial score (nSPS) is 11.5. The quantitative estimate of drug-likeness (QED) is 0.330. The molecule has 0 fully saturated rings. The molecule has 108 valence electrons. The molecule has 3 nitrogen and oxygen atoms in total. The minimum Gasteiger partial charge on any atom is -0.478 e. The fourth-order valence-electron chi connectivity index (χ4n) is 1.56. The molecule has 1 aromatic heterocycles. The number of halogens is 3. The molecule has 0 bridgehead atoms. The van der Waals surface area contributed by atoms with Crippen LogP contribution in [0.25, 0.3) is 6.08 Å². The molecule has 0 aliphatic heterocycles. The molecule has 21 heavy (non-hydrogen) atoms. The van der Waals surface area contributed by atoms with Crippen molar-refractivity contribution in [1.29, 1.82) is 0 Å². The molecule has 0 atom stereocenters. The summed E-state index contributed by atoms with van der Waals surface area (Å²) in [4.78, 5) is 23.9. The largest absolute Gasteiger partial charge is 0.478 e. The molecule has 7 heteroatoms. The Labute approximate surface area is 142 Å². The Morgan fingerprint density at radius 2 is 1.86 bits per heavy atom. The number of hydrogen-bond acceptors (Lipinski definition) is 3. The molecule has 0 aliphatic rings. The number of thiophene rings is 1. The Bertz CT molecular complexity index is 752. The van der Waals surface area contributed by atoms with Crippen LogP contribution in [0, 0.1) is 0 Å². The van der Waals surface area contributed by atoms with Crippen LogP contribution in [0.2, 0.25) is 10.0 Å². The first kappa shape index (κ1) is 16.2. The van der Waals surface area contributed by atoms with E-state index in [0.29, 0.717) is 20.5 Å². The highest BCUT2D eigenvalue weighted by Gasteiger charge is 2.20. The van der Waals surface area contributed by atoms with E-state index in [1.54, 1.807) is 24.3 Å². The molecule has 1 N–H and O–H groups in total. The third kappa shape index (κ3) is 3.95. The van der Waals surface area contributed by atoms with E-state index < -0.39 is 11.8 Å². The van der Waals surface area contributed by atoms with Gasteiger partial charge in [0.1, 0.15) is 5.57 Å². The number of hydrogen-bond donors (Lipinski definition) is 1. The monoisotopic (exact) mass is 404 g/mol. The number of carbonyl (C=O) groups is 2. The Morgan fingerprint density at radius 3 is 2.38 bits per heavy atom. The van der Waals surface area contributed by atoms with Gasteiger partial charge < -0.3 is 5.11 Å². The van der Waals surface area contributed by atoms with Crippen molar-refractivity contribution >= 4 is 68.3 Å². The fraction of sp³-hybridized carbons (Fsp3) is 0. The predicted molar refractivity (Wildman–Crippen MR) is 88.4 cm³/mol. The zero-order valence-electron chi connectivity index (χ0n) is 10.3. The van der Waals surface area contributed by atoms with E-state index in [9.17, 15) is 14.7 Å². The molecule has 0 spiro atoms. The molecular formula is C14H7BrCl2O3S. The predicted octanol–water partition coefficient (Wildman–Crippen LogP) is 5.17. The van der Waals surface area contributed by atoms with Gasteiger partial charge in [-0.15, -0.1) is 11.3 Å². The van der Waals surface area contributed by atoms with Gasteiger partial charge in [0.2, 0.25) is 5.78 Å². The maximum Gasteiger partial charge on any atom is 0.339 e. The van der Waals surface area contributed by atoms with Crippen LogP contribution in [0.4, 0.5) is 0 Å². The molecular weight excluding hydrogens is 399 g/mol. The SMILES string of the molecule is O=C(O)/C(=C\c1ccc(Cl)c(Cl)c1)C(=O)c1ccc(Br)s1. The van der Waals surface area contributed by atoms with Gasteiger partial charge in [0.05, 0.1) is 18.7 Å². The number of ketones is 1. The van der Waals surface area contributed by atoms with Crippen molar-refractivity contribution < 1.29 is 14.7 Å². The Kier molecular flexibility index (Phi) is 5.22. The summed E-state index contributed by atoms with van der Waals surface area (Å²) in [5, 5.41) is 9.90. The van der Waals surface area contributed by atoms with Crippen LogP contribution in [0.3, 0.4) is 0 Å². The molecule has 0 saturated carbocycles. The molecule has 0 aliphatic carbocycles. The van der Waals surface area contributed by atoms with Gasteiger partial charge in [0.15, 0.2) is 0 Å². The summed E-state index contributed by atoms with van der Waals surface area (Å²) in [5.74, 6) is -1.85. The van der Waals surface area contributed by atoms with Crippen molar-refractivity contribution in [3.8, 4) is 0 Å². The maximum atomic E-state index is 12.2. The molecule has 0 saturated heterocycles. The molecule has 2 aromatic rings. The summed E-state index contributed by atoms with van der Waals surface area (Å²) < 4.78 is 0.755. The van der Waals surface area contributed by atoms with E-state index in [0.717, 1.165) is 3.79 Å². The third-order valence-electron chi connectivity index (χ3n) is 2.53. The molecule has 1 aromatic carbocycles. The highest BCUT2D eigenvalue weighted by atomic mass is 79.9. The summed E-state index contributed by atoms with van der Waals surface area (Å²) in [6.07, 6.45) is 1.28. The van der Waals surface area contributed by atoms with Crippen LogP contribution in [-0.2, 0) is 4.79 Å². The van der Waals surface area contributed by atoms with Gasteiger partial charge >= 0.3 is 5.97 Å². The highest BCUT2D eigenvalue weighted by molar-refractivity contribution is 9.11. The van der Waals surface area contributed by atoms with E-state index in [1.165, 1.54) is 23.5 Å². The summed E-state index contributed by atoms with van der Waals surface area (Å²) in [5.41, 5.74) is 0.161. The average Bonchev–Trinajstić information content (AvgIpc) is 2.85. The highest BCUT2D eigenvalue weighted by Crippen LogP contribution is 2.27. The lowest BCUT2D eigenvalue weighted by Crippen LogP contribution is -2.11. The maximum absolute atomic E-state index is 12.2. The van der Waals surface area contributed by atoms with Crippen LogP contribution in [0.15, 0.2) is 39.7 Å². The molecule has 1 heterocycles. The smallest absolute Gasteiger partial charge is 0.339 e. The van der Waals surface area contributed by atoms with Gasteiger partial charge in [-0.05, 0) is 51.8 Å². The molecule has 0 amide bonds. The summed E-state index contributed by atoms with van der Waals surface area (Å²) in [6, 6.07) is 7.90. The van der Waals surface area contributed by atoms with Crippen LogP contribution >= 0.6 is 50.5 Å². The molecule has 2 rings (SSSR count).